The third-order valence-corrected chi connectivity index (χ3v) is 1.23. The molecule has 0 aliphatic rings. The molecule has 0 aliphatic heterocycles. The van der Waals surface area contributed by atoms with E-state index >= 15 is 0 Å². The van der Waals surface area contributed by atoms with Crippen LogP contribution in [0.15, 0.2) is 24.3 Å². The molecule has 1 aromatic rings. The van der Waals surface area contributed by atoms with Gasteiger partial charge in [-0.05, 0) is 12.1 Å². The fourth-order valence-corrected chi connectivity index (χ4v) is 0.692. The number of rotatable bonds is 2. The average Bonchev–Trinajstić information content (AvgIpc) is 2.09. The molecule has 0 heterocycles. The van der Waals surface area contributed by atoms with Gasteiger partial charge in [0.2, 0.25) is 0 Å². The van der Waals surface area contributed by atoms with Crippen molar-refractivity contribution in [3.8, 4) is 5.75 Å². The Morgan fingerprint density at radius 3 is 2.43 bits per heavy atom. The van der Waals surface area contributed by atoms with Crippen LogP contribution in [-0.2, 0) is 4.79 Å². The van der Waals surface area contributed by atoms with Crippen LogP contribution in [0.5, 0.6) is 5.75 Å². The number of halogens is 1. The fraction of sp³-hybridized carbons (Fsp3) is 0.125. The molecule has 2 N–H and O–H groups in total. The van der Waals surface area contributed by atoms with Gasteiger partial charge >= 0.3 is 109 Å². The van der Waals surface area contributed by atoms with Crippen molar-refractivity contribution in [2.45, 2.75) is 0 Å². The molecule has 0 aromatic heterocycles. The van der Waals surface area contributed by atoms with Crippen LogP contribution in [0.2, 0.25) is 0 Å². The van der Waals surface area contributed by atoms with Gasteiger partial charge in [-0.15, -0.1) is 0 Å². The summed E-state index contributed by atoms with van der Waals surface area (Å²) in [5, 5.41) is 0. The molecule has 0 aliphatic carbocycles. The number of para-hydroxylation sites is 1. The number of nitrogens with two attached hydrogens (primary N) is 1. The molecule has 14 heavy (non-hydrogen) atoms. The van der Waals surface area contributed by atoms with Gasteiger partial charge in [-0.2, -0.15) is 0 Å². The zero-order valence-electron chi connectivity index (χ0n) is 6.29. The van der Waals surface area contributed by atoms with Crippen LogP contribution in [0.4, 0.5) is 4.39 Å². The van der Waals surface area contributed by atoms with Gasteiger partial charge in [0.1, 0.15) is 0 Å². The van der Waals surface area contributed by atoms with E-state index < -0.39 is 11.8 Å². The summed E-state index contributed by atoms with van der Waals surface area (Å²) in [4.78, 5) is 10.6. The molecule has 0 atom stereocenters. The second-order valence-corrected chi connectivity index (χ2v) is 2.11. The van der Waals surface area contributed by atoms with E-state index in [1.54, 1.807) is 6.07 Å². The van der Waals surface area contributed by atoms with Gasteiger partial charge in [0.25, 0.3) is 0 Å². The third kappa shape index (κ3) is 6.44. The Labute approximate surface area is 167 Å². The molecule has 0 bridgehead atoms. The van der Waals surface area contributed by atoms with Crippen LogP contribution in [-0.4, -0.2) is 115 Å². The van der Waals surface area contributed by atoms with Gasteiger partial charge in [-0.1, -0.05) is 12.1 Å². The summed E-state index contributed by atoms with van der Waals surface area (Å²) in [5.74, 6) is -1.31. The van der Waals surface area contributed by atoms with E-state index in [2.05, 4.69) is 4.74 Å². The quantitative estimate of drug-likeness (QED) is 0.432. The number of esters is 1. The van der Waals surface area contributed by atoms with Crippen molar-refractivity contribution >= 4 is 109 Å². The molecule has 0 radical (unpaired) electrons. The SMILES string of the molecule is NCC(=O)Oc1ccccc1F.[KH].[KH]. The standard InChI is InChI=1S/C8H8FNO2.2K.2H/c9-6-3-1-2-4-7(6)12-8(11)5-10;;;;/h1-4H,5,10H2;;;;. The fourth-order valence-electron chi connectivity index (χ4n) is 0.692. The Balaban J connectivity index is 0. The normalized spacial score (nSPS) is 8.14. The average molecular weight is 249 g/mol. The minimum atomic E-state index is -0.653. The summed E-state index contributed by atoms with van der Waals surface area (Å²) >= 11 is 0. The first-order valence-electron chi connectivity index (χ1n) is 3.39. The van der Waals surface area contributed by atoms with E-state index in [1.165, 1.54) is 18.2 Å². The van der Waals surface area contributed by atoms with Gasteiger partial charge in [0, 0.05) is 0 Å². The Morgan fingerprint density at radius 1 is 1.36 bits per heavy atom. The summed E-state index contributed by atoms with van der Waals surface area (Å²) in [6, 6.07) is 5.65. The number of hydrogen-bond donors (Lipinski definition) is 1. The van der Waals surface area contributed by atoms with Crippen molar-refractivity contribution in [2.75, 3.05) is 6.54 Å². The zero-order chi connectivity index (χ0) is 8.97. The summed E-state index contributed by atoms with van der Waals surface area (Å²) in [5.41, 5.74) is 4.97. The molecule has 68 valence electrons. The Morgan fingerprint density at radius 2 is 1.93 bits per heavy atom. The van der Waals surface area contributed by atoms with Crippen molar-refractivity contribution in [1.29, 1.82) is 0 Å². The molecule has 0 fully saturated rings. The van der Waals surface area contributed by atoms with Crippen LogP contribution in [0.25, 0.3) is 0 Å². The molecule has 3 nitrogen and oxygen atoms in total. The maximum absolute atomic E-state index is 12.8. The van der Waals surface area contributed by atoms with Gasteiger partial charge in [-0.3, -0.25) is 4.79 Å². The molecular formula is C8H10FK2NO2. The molecule has 1 aromatic carbocycles. The van der Waals surface area contributed by atoms with E-state index in [1.807, 2.05) is 0 Å². The van der Waals surface area contributed by atoms with Crippen molar-refractivity contribution < 1.29 is 13.9 Å². The number of carbonyl (C=O) groups is 1. The first-order chi connectivity index (χ1) is 5.74. The van der Waals surface area contributed by atoms with Crippen molar-refractivity contribution in [1.82, 2.24) is 0 Å². The van der Waals surface area contributed by atoms with Crippen LogP contribution < -0.4 is 10.5 Å². The molecule has 1 rings (SSSR count). The molecule has 0 saturated heterocycles. The van der Waals surface area contributed by atoms with Crippen molar-refractivity contribution in [2.24, 2.45) is 5.73 Å². The van der Waals surface area contributed by atoms with Gasteiger partial charge < -0.3 is 10.5 Å². The van der Waals surface area contributed by atoms with E-state index in [4.69, 9.17) is 5.73 Å². The number of carbonyl (C=O) groups excluding carboxylic acids is 1. The molecule has 0 unspecified atom stereocenters. The molecule has 0 spiro atoms. The Kier molecular flexibility index (Phi) is 13.1. The van der Waals surface area contributed by atoms with Crippen LogP contribution >= 0.6 is 0 Å². The number of hydrogen-bond acceptors (Lipinski definition) is 3. The summed E-state index contributed by atoms with van der Waals surface area (Å²) in [6.07, 6.45) is 0. The Hall–Kier alpha value is 1.85. The maximum atomic E-state index is 12.8. The monoisotopic (exact) mass is 249 g/mol. The molecule has 6 heteroatoms. The second kappa shape index (κ2) is 10.0. The second-order valence-electron chi connectivity index (χ2n) is 2.11. The Bertz CT molecular complexity index is 296. The van der Waals surface area contributed by atoms with Gasteiger partial charge in [-0.25, -0.2) is 4.39 Å². The molecular weight excluding hydrogens is 239 g/mol. The predicted octanol–water partition coefficient (Wildman–Crippen LogP) is -0.607. The van der Waals surface area contributed by atoms with Crippen LogP contribution in [0.1, 0.15) is 0 Å². The summed E-state index contributed by atoms with van der Waals surface area (Å²) in [7, 11) is 0. The number of benzene rings is 1. The first-order valence-corrected chi connectivity index (χ1v) is 3.39. The van der Waals surface area contributed by atoms with E-state index in [9.17, 15) is 9.18 Å². The van der Waals surface area contributed by atoms with Gasteiger partial charge in [0.05, 0.1) is 6.54 Å². The number of ether oxygens (including phenoxy) is 1. The van der Waals surface area contributed by atoms with Crippen LogP contribution in [0.3, 0.4) is 0 Å². The zero-order valence-corrected chi connectivity index (χ0v) is 6.29. The summed E-state index contributed by atoms with van der Waals surface area (Å²) in [6.45, 7) is -0.256. The van der Waals surface area contributed by atoms with E-state index in [0.717, 1.165) is 0 Å². The predicted molar refractivity (Wildman–Crippen MR) is 55.4 cm³/mol. The molecule has 0 saturated carbocycles. The van der Waals surface area contributed by atoms with Crippen molar-refractivity contribution in [3.63, 3.8) is 0 Å². The summed E-state index contributed by atoms with van der Waals surface area (Å²) < 4.78 is 17.3. The van der Waals surface area contributed by atoms with E-state index in [0.29, 0.717) is 0 Å². The van der Waals surface area contributed by atoms with E-state index in [-0.39, 0.29) is 115 Å². The van der Waals surface area contributed by atoms with Crippen LogP contribution in [0, 0.1) is 5.82 Å². The van der Waals surface area contributed by atoms with Crippen molar-refractivity contribution in [3.05, 3.63) is 30.1 Å². The van der Waals surface area contributed by atoms with Gasteiger partial charge in [0.15, 0.2) is 11.6 Å². The first kappa shape index (κ1) is 18.2. The third-order valence-electron chi connectivity index (χ3n) is 1.23. The topological polar surface area (TPSA) is 52.3 Å². The molecule has 0 amide bonds. The minimum absolute atomic E-state index is 0.